The van der Waals surface area contributed by atoms with Gasteiger partial charge in [-0.15, -0.1) is 0 Å². The van der Waals surface area contributed by atoms with Gasteiger partial charge < -0.3 is 5.48 Å². The first kappa shape index (κ1) is 13.5. The first-order valence-corrected chi connectivity index (χ1v) is 4.91. The van der Waals surface area contributed by atoms with Crippen molar-refractivity contribution in [2.75, 3.05) is 0 Å². The maximum atomic E-state index is 2.23. The van der Waals surface area contributed by atoms with E-state index in [0.717, 1.165) is 0 Å². The minimum Gasteiger partial charge on any atom is -0.412 e. The van der Waals surface area contributed by atoms with Crippen LogP contribution in [0.5, 0.6) is 0 Å². The lowest BCUT2D eigenvalue weighted by molar-refractivity contribution is 0.504. The van der Waals surface area contributed by atoms with E-state index in [1.54, 1.807) is 0 Å². The molecule has 1 saturated carbocycles. The molecule has 0 amide bonds. The van der Waals surface area contributed by atoms with Gasteiger partial charge in [0, 0.05) is 0 Å². The van der Waals surface area contributed by atoms with Crippen LogP contribution >= 0.6 is 0 Å². The summed E-state index contributed by atoms with van der Waals surface area (Å²) in [5, 5.41) is 0. The monoisotopic (exact) mass is 160 g/mol. The van der Waals surface area contributed by atoms with Crippen molar-refractivity contribution in [1.82, 2.24) is 0 Å². The van der Waals surface area contributed by atoms with Gasteiger partial charge in [-0.1, -0.05) is 65.2 Å². The number of hydrogen-bond acceptors (Lipinski definition) is 0. The molecule has 0 unspecified atom stereocenters. The minimum atomic E-state index is 0. The fourth-order valence-corrected chi connectivity index (χ4v) is 0.750. The zero-order valence-electron chi connectivity index (χ0n) is 8.16. The molecule has 0 atom stereocenters. The van der Waals surface area contributed by atoms with Crippen molar-refractivity contribution in [2.24, 2.45) is 0 Å². The molecule has 0 heterocycles. The molecule has 70 valence electrons. The van der Waals surface area contributed by atoms with Gasteiger partial charge in [0.1, 0.15) is 0 Å². The van der Waals surface area contributed by atoms with Crippen LogP contribution in [0.15, 0.2) is 0 Å². The first-order valence-electron chi connectivity index (χ1n) is 4.91. The lowest BCUT2D eigenvalue weighted by atomic mass is 10.0. The van der Waals surface area contributed by atoms with Gasteiger partial charge in [0.2, 0.25) is 0 Å². The Kier molecular flexibility index (Phi) is 15.5. The van der Waals surface area contributed by atoms with Gasteiger partial charge in [0.05, 0.1) is 0 Å². The van der Waals surface area contributed by atoms with Crippen molar-refractivity contribution in [2.45, 2.75) is 65.2 Å². The Balaban J connectivity index is 0. The third-order valence-electron chi connectivity index (χ3n) is 1.96. The van der Waals surface area contributed by atoms with E-state index in [9.17, 15) is 0 Å². The van der Waals surface area contributed by atoms with E-state index < -0.39 is 0 Å². The molecule has 0 saturated heterocycles. The highest BCUT2D eigenvalue weighted by atomic mass is 16.0. The van der Waals surface area contributed by atoms with Crippen LogP contribution in [-0.4, -0.2) is 5.48 Å². The Bertz CT molecular complexity index is 40.8. The topological polar surface area (TPSA) is 31.5 Å². The molecule has 0 aromatic carbocycles. The first-order chi connectivity index (χ1) is 4.91. The molecule has 0 bridgehead atoms. The second-order valence-corrected chi connectivity index (χ2v) is 3.12. The average Bonchev–Trinajstić information content (AvgIpc) is 1.79. The molecule has 0 aromatic heterocycles. The Morgan fingerprint density at radius 1 is 0.727 bits per heavy atom. The molecule has 0 aliphatic heterocycles. The van der Waals surface area contributed by atoms with Gasteiger partial charge in [-0.25, -0.2) is 0 Å². The fourth-order valence-electron chi connectivity index (χ4n) is 0.750. The van der Waals surface area contributed by atoms with Crippen molar-refractivity contribution in [3.63, 3.8) is 0 Å². The molecule has 11 heavy (non-hydrogen) atoms. The summed E-state index contributed by atoms with van der Waals surface area (Å²) in [4.78, 5) is 0. The highest BCUT2D eigenvalue weighted by molar-refractivity contribution is 4.50. The Hall–Kier alpha value is -0.0400. The van der Waals surface area contributed by atoms with Crippen molar-refractivity contribution >= 4 is 0 Å². The summed E-state index contributed by atoms with van der Waals surface area (Å²) in [7, 11) is 0. The molecule has 0 aromatic rings. The van der Waals surface area contributed by atoms with E-state index in [1.165, 1.54) is 51.4 Å². The van der Waals surface area contributed by atoms with Crippen molar-refractivity contribution in [1.29, 1.82) is 0 Å². The fraction of sp³-hybridized carbons (Fsp3) is 1.00. The molecule has 1 heteroatoms. The van der Waals surface area contributed by atoms with Crippen LogP contribution < -0.4 is 0 Å². The predicted molar refractivity (Wildman–Crippen MR) is 51.9 cm³/mol. The molecule has 2 N–H and O–H groups in total. The standard InChI is InChI=1S/C6H14.C4H8.H2O/c1-3-5-6-4-2;1-2-4-3-1;/h3-6H2,1-2H3;1-4H2;1H2. The van der Waals surface area contributed by atoms with Crippen molar-refractivity contribution in [3.8, 4) is 0 Å². The van der Waals surface area contributed by atoms with E-state index in [0.29, 0.717) is 0 Å². The zero-order chi connectivity index (χ0) is 7.66. The molecule has 1 rings (SSSR count). The highest BCUT2D eigenvalue weighted by Crippen LogP contribution is 2.15. The van der Waals surface area contributed by atoms with Gasteiger partial charge in [-0.05, 0) is 0 Å². The molecule has 1 aliphatic carbocycles. The summed E-state index contributed by atoms with van der Waals surface area (Å²) >= 11 is 0. The summed E-state index contributed by atoms with van der Waals surface area (Å²) in [6.45, 7) is 4.46. The smallest absolute Gasteiger partial charge is 0.0533 e. The molecule has 1 aliphatic rings. The zero-order valence-corrected chi connectivity index (χ0v) is 8.16. The number of rotatable bonds is 3. The van der Waals surface area contributed by atoms with Crippen molar-refractivity contribution < 1.29 is 5.48 Å². The third-order valence-corrected chi connectivity index (χ3v) is 1.96. The van der Waals surface area contributed by atoms with E-state index in [1.807, 2.05) is 0 Å². The molecular formula is C10H24O. The van der Waals surface area contributed by atoms with Crippen LogP contribution in [0.3, 0.4) is 0 Å². The van der Waals surface area contributed by atoms with Gasteiger partial charge >= 0.3 is 0 Å². The molecular weight excluding hydrogens is 136 g/mol. The molecule has 0 spiro atoms. The van der Waals surface area contributed by atoms with Crippen LogP contribution in [0.4, 0.5) is 0 Å². The summed E-state index contributed by atoms with van der Waals surface area (Å²) in [5.41, 5.74) is 0. The quantitative estimate of drug-likeness (QED) is 0.567. The largest absolute Gasteiger partial charge is 0.412 e. The van der Waals surface area contributed by atoms with Crippen LogP contribution in [0, 0.1) is 0 Å². The Morgan fingerprint density at radius 2 is 1.00 bits per heavy atom. The normalized spacial score (nSPS) is 13.6. The lowest BCUT2D eigenvalue weighted by Gasteiger charge is -2.05. The van der Waals surface area contributed by atoms with Crippen LogP contribution in [0.1, 0.15) is 65.2 Å². The van der Waals surface area contributed by atoms with Crippen LogP contribution in [0.25, 0.3) is 0 Å². The maximum Gasteiger partial charge on any atom is -0.0533 e. The molecule has 1 fully saturated rings. The molecule has 1 nitrogen and oxygen atoms in total. The summed E-state index contributed by atoms with van der Waals surface area (Å²) in [5.74, 6) is 0. The second-order valence-electron chi connectivity index (χ2n) is 3.12. The maximum absolute atomic E-state index is 2.23. The lowest BCUT2D eigenvalue weighted by Crippen LogP contribution is -1.85. The van der Waals surface area contributed by atoms with Gasteiger partial charge in [0.25, 0.3) is 0 Å². The number of unbranched alkanes of at least 4 members (excludes halogenated alkanes) is 3. The van der Waals surface area contributed by atoms with E-state index in [-0.39, 0.29) is 5.48 Å². The van der Waals surface area contributed by atoms with Crippen molar-refractivity contribution in [3.05, 3.63) is 0 Å². The predicted octanol–water partition coefficient (Wildman–Crippen LogP) is 3.32. The van der Waals surface area contributed by atoms with E-state index in [4.69, 9.17) is 0 Å². The molecule has 0 radical (unpaired) electrons. The average molecular weight is 160 g/mol. The summed E-state index contributed by atoms with van der Waals surface area (Å²) in [6, 6.07) is 0. The summed E-state index contributed by atoms with van der Waals surface area (Å²) in [6.07, 6.45) is 11.5. The highest BCUT2D eigenvalue weighted by Gasteiger charge is 1.95. The second kappa shape index (κ2) is 12.6. The van der Waals surface area contributed by atoms with Gasteiger partial charge in [0.15, 0.2) is 0 Å². The third kappa shape index (κ3) is 13.0. The Morgan fingerprint density at radius 3 is 1.09 bits per heavy atom. The Labute approximate surface area is 71.5 Å². The number of hydrogen-bond donors (Lipinski definition) is 0. The van der Waals surface area contributed by atoms with E-state index >= 15 is 0 Å². The van der Waals surface area contributed by atoms with Crippen LogP contribution in [-0.2, 0) is 0 Å². The SMILES string of the molecule is C1CCC1.CCCCCC.O. The van der Waals surface area contributed by atoms with E-state index in [2.05, 4.69) is 13.8 Å². The van der Waals surface area contributed by atoms with Gasteiger partial charge in [-0.2, -0.15) is 0 Å². The summed E-state index contributed by atoms with van der Waals surface area (Å²) < 4.78 is 0. The van der Waals surface area contributed by atoms with Crippen LogP contribution in [0.2, 0.25) is 0 Å². The minimum absolute atomic E-state index is 0. The van der Waals surface area contributed by atoms with Gasteiger partial charge in [-0.3, -0.25) is 0 Å².